The molecule has 3 heterocycles. The first-order valence-electron chi connectivity index (χ1n) is 8.52. The number of hydrogen-bond acceptors (Lipinski definition) is 4. The van der Waals surface area contributed by atoms with Crippen LogP contribution in [0.2, 0.25) is 0 Å². The van der Waals surface area contributed by atoms with Crippen molar-refractivity contribution in [2.75, 3.05) is 11.9 Å². The molecule has 0 spiro atoms. The molecule has 0 aliphatic carbocycles. The summed E-state index contributed by atoms with van der Waals surface area (Å²) in [7, 11) is 0. The largest absolute Gasteiger partial charge is 0.384 e. The van der Waals surface area contributed by atoms with E-state index in [4.69, 9.17) is 0 Å². The molecule has 1 N–H and O–H groups in total. The van der Waals surface area contributed by atoms with Crippen molar-refractivity contribution in [3.8, 4) is 11.5 Å². The topological polar surface area (TPSA) is 55.6 Å². The lowest BCUT2D eigenvalue weighted by Gasteiger charge is -2.09. The van der Waals surface area contributed by atoms with Crippen molar-refractivity contribution in [2.45, 2.75) is 13.0 Å². The van der Waals surface area contributed by atoms with Crippen molar-refractivity contribution in [1.82, 2.24) is 19.5 Å². The minimum absolute atomic E-state index is 0.317. The van der Waals surface area contributed by atoms with E-state index in [0.29, 0.717) is 11.2 Å². The van der Waals surface area contributed by atoms with E-state index in [-0.39, 0.29) is 5.82 Å². The van der Waals surface area contributed by atoms with Gasteiger partial charge in [0.15, 0.2) is 5.82 Å². The molecule has 0 aliphatic rings. The van der Waals surface area contributed by atoms with Gasteiger partial charge in [-0.3, -0.25) is 4.98 Å². The van der Waals surface area contributed by atoms with E-state index in [1.807, 2.05) is 41.1 Å². The lowest BCUT2D eigenvalue weighted by Crippen LogP contribution is -2.07. The van der Waals surface area contributed by atoms with Crippen LogP contribution in [-0.4, -0.2) is 26.1 Å². The third-order valence-corrected chi connectivity index (χ3v) is 4.18. The molecule has 0 aliphatic heterocycles. The zero-order valence-corrected chi connectivity index (χ0v) is 14.1. The van der Waals surface area contributed by atoms with Gasteiger partial charge in [-0.05, 0) is 30.7 Å². The molecule has 6 heteroatoms. The molecule has 0 radical (unpaired) electrons. The van der Waals surface area contributed by atoms with Gasteiger partial charge in [-0.25, -0.2) is 14.4 Å². The second kappa shape index (κ2) is 7.31. The molecule has 5 nitrogen and oxygen atoms in total. The minimum atomic E-state index is -0.317. The summed E-state index contributed by atoms with van der Waals surface area (Å²) in [6, 6.07) is 12.6. The van der Waals surface area contributed by atoms with E-state index in [1.165, 1.54) is 6.07 Å². The fraction of sp³-hybridized carbons (Fsp3) is 0.150. The van der Waals surface area contributed by atoms with Gasteiger partial charge in [0.2, 0.25) is 0 Å². The zero-order valence-electron chi connectivity index (χ0n) is 14.1. The van der Waals surface area contributed by atoms with E-state index in [2.05, 4.69) is 20.3 Å². The average molecular weight is 347 g/mol. The van der Waals surface area contributed by atoms with Crippen LogP contribution in [0.5, 0.6) is 0 Å². The van der Waals surface area contributed by atoms with Gasteiger partial charge in [0.1, 0.15) is 17.0 Å². The van der Waals surface area contributed by atoms with E-state index < -0.39 is 0 Å². The summed E-state index contributed by atoms with van der Waals surface area (Å²) in [5.41, 5.74) is 2.05. The molecule has 3 aromatic heterocycles. The molecule has 130 valence electrons. The predicted molar refractivity (Wildman–Crippen MR) is 100 cm³/mol. The summed E-state index contributed by atoms with van der Waals surface area (Å²) < 4.78 is 16.1. The molecule has 26 heavy (non-hydrogen) atoms. The summed E-state index contributed by atoms with van der Waals surface area (Å²) in [4.78, 5) is 13.0. The number of benzene rings is 1. The maximum Gasteiger partial charge on any atom is 0.158 e. The fourth-order valence-corrected chi connectivity index (χ4v) is 2.91. The Labute approximate surface area is 150 Å². The highest BCUT2D eigenvalue weighted by Gasteiger charge is 2.10. The van der Waals surface area contributed by atoms with Gasteiger partial charge in [-0.2, -0.15) is 0 Å². The highest BCUT2D eigenvalue weighted by molar-refractivity contribution is 5.81. The highest BCUT2D eigenvalue weighted by atomic mass is 19.1. The molecule has 0 amide bonds. The minimum Gasteiger partial charge on any atom is -0.384 e. The Balaban J connectivity index is 1.47. The number of aryl methyl sites for hydroxylation is 1. The standard InChI is InChI=1S/C20H18FN5/c21-17-6-1-4-15-7-8-18(25-19(15)17)20-24-11-13-26(20)12-3-10-23-16-5-2-9-22-14-16/h1-2,4-9,11,13-14,23H,3,10,12H2. The van der Waals surface area contributed by atoms with Crippen LogP contribution in [-0.2, 0) is 6.54 Å². The number of anilines is 1. The zero-order chi connectivity index (χ0) is 17.8. The monoisotopic (exact) mass is 347 g/mol. The highest BCUT2D eigenvalue weighted by Crippen LogP contribution is 2.21. The maximum absolute atomic E-state index is 14.0. The Hall–Kier alpha value is -3.28. The van der Waals surface area contributed by atoms with E-state index >= 15 is 0 Å². The van der Waals surface area contributed by atoms with Crippen molar-refractivity contribution in [1.29, 1.82) is 0 Å². The molecule has 0 unspecified atom stereocenters. The summed E-state index contributed by atoms with van der Waals surface area (Å²) in [5, 5.41) is 4.12. The van der Waals surface area contributed by atoms with Crippen LogP contribution in [0, 0.1) is 5.82 Å². The first-order chi connectivity index (χ1) is 12.8. The van der Waals surface area contributed by atoms with Crippen molar-refractivity contribution >= 4 is 16.6 Å². The number of aromatic nitrogens is 4. The lowest BCUT2D eigenvalue weighted by molar-refractivity contribution is 0.636. The Kier molecular flexibility index (Phi) is 4.55. The predicted octanol–water partition coefficient (Wildman–Crippen LogP) is 4.13. The van der Waals surface area contributed by atoms with Crippen LogP contribution < -0.4 is 5.32 Å². The molecular formula is C20H18FN5. The molecule has 4 aromatic rings. The Morgan fingerprint density at radius 2 is 2.00 bits per heavy atom. The number of rotatable bonds is 6. The average Bonchev–Trinajstić information content (AvgIpc) is 3.15. The number of nitrogens with zero attached hydrogens (tertiary/aromatic N) is 4. The second-order valence-electron chi connectivity index (χ2n) is 5.97. The van der Waals surface area contributed by atoms with Gasteiger partial charge in [-0.15, -0.1) is 0 Å². The fourth-order valence-electron chi connectivity index (χ4n) is 2.91. The summed E-state index contributed by atoms with van der Waals surface area (Å²) in [5.74, 6) is 0.430. The van der Waals surface area contributed by atoms with Crippen molar-refractivity contribution in [2.24, 2.45) is 0 Å². The number of imidazole rings is 1. The Morgan fingerprint density at radius 1 is 1.04 bits per heavy atom. The Bertz CT molecular complexity index is 1010. The first kappa shape index (κ1) is 16.2. The molecule has 0 saturated heterocycles. The van der Waals surface area contributed by atoms with Gasteiger partial charge in [0.05, 0.1) is 5.69 Å². The van der Waals surface area contributed by atoms with E-state index in [0.717, 1.165) is 36.4 Å². The number of nitrogens with one attached hydrogen (secondary N) is 1. The van der Waals surface area contributed by atoms with Crippen molar-refractivity contribution < 1.29 is 4.39 Å². The van der Waals surface area contributed by atoms with Crippen LogP contribution in [0.3, 0.4) is 0 Å². The van der Waals surface area contributed by atoms with E-state index in [9.17, 15) is 4.39 Å². The van der Waals surface area contributed by atoms with Crippen molar-refractivity contribution in [3.05, 3.63) is 73.1 Å². The third kappa shape index (κ3) is 3.39. The van der Waals surface area contributed by atoms with Gasteiger partial charge < -0.3 is 9.88 Å². The van der Waals surface area contributed by atoms with Gasteiger partial charge in [0.25, 0.3) is 0 Å². The van der Waals surface area contributed by atoms with Crippen molar-refractivity contribution in [3.63, 3.8) is 0 Å². The number of halogens is 1. The van der Waals surface area contributed by atoms with Gasteiger partial charge in [0, 0.05) is 43.3 Å². The molecule has 4 rings (SSSR count). The smallest absolute Gasteiger partial charge is 0.158 e. The molecule has 0 fully saturated rings. The van der Waals surface area contributed by atoms with Crippen LogP contribution in [0.1, 0.15) is 6.42 Å². The molecule has 0 saturated carbocycles. The number of hydrogen-bond donors (Lipinski definition) is 1. The van der Waals surface area contributed by atoms with Crippen LogP contribution in [0.15, 0.2) is 67.3 Å². The second-order valence-corrected chi connectivity index (χ2v) is 5.97. The number of para-hydroxylation sites is 1. The third-order valence-electron chi connectivity index (χ3n) is 4.18. The SMILES string of the molecule is Fc1cccc2ccc(-c3nccn3CCCNc3cccnc3)nc12. The summed E-state index contributed by atoms with van der Waals surface area (Å²) >= 11 is 0. The van der Waals surface area contributed by atoms with Crippen LogP contribution >= 0.6 is 0 Å². The quantitative estimate of drug-likeness (QED) is 0.533. The first-order valence-corrected chi connectivity index (χ1v) is 8.52. The summed E-state index contributed by atoms with van der Waals surface area (Å²) in [6.45, 7) is 1.61. The number of fused-ring (bicyclic) bond motifs is 1. The normalized spacial score (nSPS) is 11.0. The Morgan fingerprint density at radius 3 is 2.88 bits per heavy atom. The molecular weight excluding hydrogens is 329 g/mol. The maximum atomic E-state index is 14.0. The van der Waals surface area contributed by atoms with Gasteiger partial charge in [-0.1, -0.05) is 18.2 Å². The summed E-state index contributed by atoms with van der Waals surface area (Å²) in [6.07, 6.45) is 8.14. The van der Waals surface area contributed by atoms with Crippen LogP contribution in [0.4, 0.5) is 10.1 Å². The molecule has 0 bridgehead atoms. The van der Waals surface area contributed by atoms with Gasteiger partial charge >= 0.3 is 0 Å². The molecule has 0 atom stereocenters. The lowest BCUT2D eigenvalue weighted by atomic mass is 10.2. The van der Waals surface area contributed by atoms with Crippen LogP contribution in [0.25, 0.3) is 22.4 Å². The van der Waals surface area contributed by atoms with E-state index in [1.54, 1.807) is 24.7 Å². The number of pyridine rings is 2. The molecule has 1 aromatic carbocycles.